The summed E-state index contributed by atoms with van der Waals surface area (Å²) < 4.78 is -2.44. The van der Waals surface area contributed by atoms with Crippen molar-refractivity contribution in [1.82, 2.24) is 0 Å². The highest BCUT2D eigenvalue weighted by atomic mass is 35.9. The highest BCUT2D eigenvalue weighted by Gasteiger charge is 2.16. The van der Waals surface area contributed by atoms with Crippen LogP contribution < -0.4 is 5.30 Å². The molecular formula is C12H13Cl2PS. The molecule has 1 rings (SSSR count). The summed E-state index contributed by atoms with van der Waals surface area (Å²) in [6, 6.07) is 6.05. The van der Waals surface area contributed by atoms with Gasteiger partial charge < -0.3 is 0 Å². The molecule has 0 atom stereocenters. The third-order valence-electron chi connectivity index (χ3n) is 2.17. The molecule has 16 heavy (non-hydrogen) atoms. The SMILES string of the molecule is C=CCc1ccc(CC=C)c(P(=S)(Cl)Cl)c1. The molecule has 0 N–H and O–H groups in total. The van der Waals surface area contributed by atoms with Gasteiger partial charge in [-0.2, -0.15) is 0 Å². The van der Waals surface area contributed by atoms with E-state index in [1.54, 1.807) is 0 Å². The van der Waals surface area contributed by atoms with E-state index in [2.05, 4.69) is 13.2 Å². The van der Waals surface area contributed by atoms with Gasteiger partial charge in [0, 0.05) is 5.30 Å². The predicted molar refractivity (Wildman–Crippen MR) is 79.9 cm³/mol. The van der Waals surface area contributed by atoms with Crippen LogP contribution in [0.25, 0.3) is 0 Å². The molecule has 0 aliphatic rings. The van der Waals surface area contributed by atoms with Crippen molar-refractivity contribution in [3.05, 3.63) is 54.6 Å². The Morgan fingerprint density at radius 1 is 1.19 bits per heavy atom. The summed E-state index contributed by atoms with van der Waals surface area (Å²) in [6.45, 7) is 7.42. The molecule has 0 amide bonds. The summed E-state index contributed by atoms with van der Waals surface area (Å²) in [7, 11) is 0. The quantitative estimate of drug-likeness (QED) is 0.566. The van der Waals surface area contributed by atoms with E-state index in [4.69, 9.17) is 34.3 Å². The van der Waals surface area contributed by atoms with E-state index < -0.39 is 4.74 Å². The second-order valence-corrected chi connectivity index (χ2v) is 11.2. The lowest BCUT2D eigenvalue weighted by Gasteiger charge is -2.13. The lowest BCUT2D eigenvalue weighted by molar-refractivity contribution is 1.24. The summed E-state index contributed by atoms with van der Waals surface area (Å²) in [5.41, 5.74) is 2.20. The Morgan fingerprint density at radius 3 is 2.31 bits per heavy atom. The van der Waals surface area contributed by atoms with Gasteiger partial charge in [0.2, 0.25) is 0 Å². The van der Waals surface area contributed by atoms with E-state index in [0.717, 1.165) is 29.3 Å². The van der Waals surface area contributed by atoms with Crippen molar-refractivity contribution in [2.24, 2.45) is 0 Å². The van der Waals surface area contributed by atoms with E-state index in [0.29, 0.717) is 0 Å². The first-order valence-corrected chi connectivity index (χ1v) is 9.43. The maximum atomic E-state index is 6.10. The molecule has 0 fully saturated rings. The highest BCUT2D eigenvalue weighted by Crippen LogP contribution is 2.56. The third-order valence-corrected chi connectivity index (χ3v) is 4.83. The molecule has 0 aromatic heterocycles. The van der Waals surface area contributed by atoms with Gasteiger partial charge in [-0.1, -0.05) is 58.6 Å². The average Bonchev–Trinajstić information content (AvgIpc) is 2.19. The summed E-state index contributed by atoms with van der Waals surface area (Å²) >= 11 is 17.4. The lowest BCUT2D eigenvalue weighted by atomic mass is 10.1. The summed E-state index contributed by atoms with van der Waals surface area (Å²) in [5.74, 6) is 0. The first-order chi connectivity index (χ1) is 7.49. The van der Waals surface area contributed by atoms with Crippen LogP contribution in [-0.4, -0.2) is 0 Å². The van der Waals surface area contributed by atoms with Gasteiger partial charge in [0.1, 0.15) is 4.74 Å². The first kappa shape index (κ1) is 14.0. The van der Waals surface area contributed by atoms with Crippen molar-refractivity contribution >= 4 is 44.3 Å². The smallest absolute Gasteiger partial charge is 0.103 e. The van der Waals surface area contributed by atoms with Crippen LogP contribution in [0.15, 0.2) is 43.5 Å². The Hall–Kier alpha value is -0.0700. The standard InChI is InChI=1S/C12H13Cl2PS/c1-3-5-10-7-8-11(6-4-2)12(9-10)15(13,14)16/h3-4,7-9H,1-2,5-6H2. The van der Waals surface area contributed by atoms with E-state index in [9.17, 15) is 0 Å². The molecule has 0 saturated heterocycles. The lowest BCUT2D eigenvalue weighted by Crippen LogP contribution is -2.07. The van der Waals surface area contributed by atoms with Crippen molar-refractivity contribution in [1.29, 1.82) is 0 Å². The van der Waals surface area contributed by atoms with Crippen molar-refractivity contribution in [3.63, 3.8) is 0 Å². The van der Waals surface area contributed by atoms with Crippen LogP contribution in [0.4, 0.5) is 0 Å². The van der Waals surface area contributed by atoms with Gasteiger partial charge in [-0.05, 0) is 30.0 Å². The Kier molecular flexibility index (Phi) is 5.27. The van der Waals surface area contributed by atoms with E-state index >= 15 is 0 Å². The molecule has 0 heterocycles. The predicted octanol–water partition coefficient (Wildman–Crippen LogP) is 4.56. The molecule has 0 nitrogen and oxygen atoms in total. The number of allylic oxidation sites excluding steroid dienone is 2. The third kappa shape index (κ3) is 3.75. The second kappa shape index (κ2) is 6.02. The monoisotopic (exact) mass is 290 g/mol. The molecule has 0 saturated carbocycles. The van der Waals surface area contributed by atoms with Gasteiger partial charge in [0.15, 0.2) is 0 Å². The molecule has 0 aliphatic carbocycles. The van der Waals surface area contributed by atoms with Crippen LogP contribution in [0.2, 0.25) is 0 Å². The molecule has 0 spiro atoms. The molecule has 0 unspecified atom stereocenters. The van der Waals surface area contributed by atoms with E-state index in [-0.39, 0.29) is 0 Å². The zero-order chi connectivity index (χ0) is 12.2. The van der Waals surface area contributed by atoms with Gasteiger partial charge in [-0.25, -0.2) is 0 Å². The van der Waals surface area contributed by atoms with Gasteiger partial charge in [-0.3, -0.25) is 0 Å². The van der Waals surface area contributed by atoms with E-state index in [1.165, 1.54) is 0 Å². The molecule has 86 valence electrons. The minimum absolute atomic E-state index is 0.738. The van der Waals surface area contributed by atoms with Crippen LogP contribution in [0.1, 0.15) is 11.1 Å². The topological polar surface area (TPSA) is 0 Å². The number of hydrogen-bond donors (Lipinski definition) is 0. The number of halogens is 2. The fraction of sp³-hybridized carbons (Fsp3) is 0.167. The van der Waals surface area contributed by atoms with Crippen molar-refractivity contribution in [2.75, 3.05) is 0 Å². The Morgan fingerprint density at radius 2 is 1.81 bits per heavy atom. The summed E-state index contributed by atoms with van der Waals surface area (Å²) in [4.78, 5) is 0. The molecule has 0 radical (unpaired) electrons. The van der Waals surface area contributed by atoms with Crippen molar-refractivity contribution in [3.8, 4) is 0 Å². The fourth-order valence-corrected chi connectivity index (χ4v) is 3.74. The van der Waals surface area contributed by atoms with Gasteiger partial charge in [0.25, 0.3) is 0 Å². The number of rotatable bonds is 5. The molecular weight excluding hydrogens is 278 g/mol. The average molecular weight is 291 g/mol. The Labute approximate surface area is 112 Å². The van der Waals surface area contributed by atoms with Gasteiger partial charge in [-0.15, -0.1) is 13.2 Å². The minimum Gasteiger partial charge on any atom is -0.103 e. The first-order valence-electron chi connectivity index (χ1n) is 4.82. The minimum atomic E-state index is -2.44. The molecule has 0 bridgehead atoms. The highest BCUT2D eigenvalue weighted by molar-refractivity contribution is 8.42. The maximum absolute atomic E-state index is 6.10. The van der Waals surface area contributed by atoms with Crippen molar-refractivity contribution < 1.29 is 0 Å². The zero-order valence-corrected chi connectivity index (χ0v) is 12.0. The Bertz CT molecular complexity index is 448. The van der Waals surface area contributed by atoms with Crippen molar-refractivity contribution in [2.45, 2.75) is 12.8 Å². The molecule has 1 aromatic carbocycles. The Balaban J connectivity index is 3.26. The largest absolute Gasteiger partial charge is 0.147 e. The number of hydrogen-bond acceptors (Lipinski definition) is 1. The number of benzene rings is 1. The van der Waals surface area contributed by atoms with Gasteiger partial charge in [0.05, 0.1) is 0 Å². The molecule has 4 heteroatoms. The molecule has 1 aromatic rings. The summed E-state index contributed by atoms with van der Waals surface area (Å²) in [5, 5.41) is 0.880. The zero-order valence-electron chi connectivity index (χ0n) is 8.83. The van der Waals surface area contributed by atoms with Crippen LogP contribution in [-0.2, 0) is 24.6 Å². The van der Waals surface area contributed by atoms with Crippen LogP contribution in [0.5, 0.6) is 0 Å². The van der Waals surface area contributed by atoms with Crippen LogP contribution in [0, 0.1) is 0 Å². The van der Waals surface area contributed by atoms with E-state index in [1.807, 2.05) is 30.4 Å². The summed E-state index contributed by atoms with van der Waals surface area (Å²) in [6.07, 6.45) is 5.20. The maximum Gasteiger partial charge on any atom is 0.147 e. The van der Waals surface area contributed by atoms with Gasteiger partial charge >= 0.3 is 0 Å². The van der Waals surface area contributed by atoms with Crippen LogP contribution in [0.3, 0.4) is 0 Å². The van der Waals surface area contributed by atoms with Crippen LogP contribution >= 0.6 is 27.2 Å². The second-order valence-electron chi connectivity index (χ2n) is 3.41. The fourth-order valence-electron chi connectivity index (χ4n) is 1.47. The normalized spacial score (nSPS) is 11.1. The molecule has 0 aliphatic heterocycles.